The molecule has 1 aromatic rings. The molecular weight excluding hydrogens is 226 g/mol. The first kappa shape index (κ1) is 13.1. The SMILES string of the molecule is Cc1cc(C)cc(C(=O)NCC2(O)CCCC2)c1. The van der Waals surface area contributed by atoms with Crippen LogP contribution in [0.2, 0.25) is 0 Å². The molecule has 0 bridgehead atoms. The van der Waals surface area contributed by atoms with Crippen LogP contribution in [-0.2, 0) is 0 Å². The van der Waals surface area contributed by atoms with Gasteiger partial charge < -0.3 is 10.4 Å². The van der Waals surface area contributed by atoms with E-state index < -0.39 is 5.60 Å². The predicted molar refractivity (Wildman–Crippen MR) is 71.7 cm³/mol. The number of rotatable bonds is 3. The number of amides is 1. The maximum Gasteiger partial charge on any atom is 0.251 e. The molecule has 0 aromatic heterocycles. The number of aliphatic hydroxyl groups is 1. The second-order valence-electron chi connectivity index (χ2n) is 5.49. The normalized spacial score (nSPS) is 17.7. The molecule has 3 nitrogen and oxygen atoms in total. The van der Waals surface area contributed by atoms with E-state index in [2.05, 4.69) is 5.32 Å². The Morgan fingerprint density at radius 2 is 1.78 bits per heavy atom. The van der Waals surface area contributed by atoms with Crippen molar-refractivity contribution in [3.05, 3.63) is 34.9 Å². The van der Waals surface area contributed by atoms with Crippen molar-refractivity contribution in [2.24, 2.45) is 0 Å². The number of aryl methyl sites for hydroxylation is 2. The molecule has 0 aliphatic heterocycles. The highest BCUT2D eigenvalue weighted by Crippen LogP contribution is 2.28. The Balaban J connectivity index is 1.99. The van der Waals surface area contributed by atoms with Gasteiger partial charge in [0.2, 0.25) is 0 Å². The van der Waals surface area contributed by atoms with Crippen LogP contribution in [0.4, 0.5) is 0 Å². The molecule has 2 rings (SSSR count). The number of carbonyl (C=O) groups excluding carboxylic acids is 1. The summed E-state index contributed by atoms with van der Waals surface area (Å²) < 4.78 is 0. The zero-order chi connectivity index (χ0) is 13.2. The largest absolute Gasteiger partial charge is 0.388 e. The van der Waals surface area contributed by atoms with Crippen LogP contribution in [0, 0.1) is 13.8 Å². The molecule has 98 valence electrons. The molecule has 0 atom stereocenters. The zero-order valence-corrected chi connectivity index (χ0v) is 11.1. The van der Waals surface area contributed by atoms with E-state index in [1.54, 1.807) is 0 Å². The van der Waals surface area contributed by atoms with Crippen LogP contribution in [0.15, 0.2) is 18.2 Å². The van der Waals surface area contributed by atoms with Gasteiger partial charge in [-0.15, -0.1) is 0 Å². The smallest absolute Gasteiger partial charge is 0.251 e. The summed E-state index contributed by atoms with van der Waals surface area (Å²) in [5.41, 5.74) is 2.16. The van der Waals surface area contributed by atoms with Gasteiger partial charge in [-0.05, 0) is 38.8 Å². The standard InChI is InChI=1S/C15H21NO2/c1-11-7-12(2)9-13(8-11)14(17)16-10-15(18)5-3-4-6-15/h7-9,18H,3-6,10H2,1-2H3,(H,16,17). The van der Waals surface area contributed by atoms with Gasteiger partial charge >= 0.3 is 0 Å². The van der Waals surface area contributed by atoms with Crippen molar-refractivity contribution in [3.63, 3.8) is 0 Å². The van der Waals surface area contributed by atoms with E-state index in [0.29, 0.717) is 12.1 Å². The summed E-state index contributed by atoms with van der Waals surface area (Å²) in [5, 5.41) is 13.0. The Morgan fingerprint density at radius 3 is 2.33 bits per heavy atom. The van der Waals surface area contributed by atoms with Crippen molar-refractivity contribution in [2.75, 3.05) is 6.54 Å². The van der Waals surface area contributed by atoms with Gasteiger partial charge in [-0.3, -0.25) is 4.79 Å². The van der Waals surface area contributed by atoms with Gasteiger partial charge in [-0.25, -0.2) is 0 Å². The van der Waals surface area contributed by atoms with E-state index in [4.69, 9.17) is 0 Å². The van der Waals surface area contributed by atoms with Crippen molar-refractivity contribution in [1.29, 1.82) is 0 Å². The molecule has 0 radical (unpaired) electrons. The predicted octanol–water partition coefficient (Wildman–Crippen LogP) is 2.34. The summed E-state index contributed by atoms with van der Waals surface area (Å²) in [4.78, 5) is 12.0. The quantitative estimate of drug-likeness (QED) is 0.861. The molecule has 3 heteroatoms. The fourth-order valence-electron chi connectivity index (χ4n) is 2.66. The number of hydrogen-bond acceptors (Lipinski definition) is 2. The second kappa shape index (κ2) is 5.11. The number of hydrogen-bond donors (Lipinski definition) is 2. The van der Waals surface area contributed by atoms with E-state index in [1.165, 1.54) is 0 Å². The number of nitrogens with one attached hydrogen (secondary N) is 1. The maximum absolute atomic E-state index is 12.0. The fourth-order valence-corrected chi connectivity index (χ4v) is 2.66. The van der Waals surface area contributed by atoms with Crippen molar-refractivity contribution in [3.8, 4) is 0 Å². The lowest BCUT2D eigenvalue weighted by Gasteiger charge is -2.22. The Labute approximate surface area is 108 Å². The van der Waals surface area contributed by atoms with Crippen molar-refractivity contribution >= 4 is 5.91 Å². The van der Waals surface area contributed by atoms with Crippen molar-refractivity contribution in [1.82, 2.24) is 5.32 Å². The Morgan fingerprint density at radius 1 is 1.22 bits per heavy atom. The Bertz CT molecular complexity index is 428. The Kier molecular flexibility index (Phi) is 3.71. The molecule has 0 saturated heterocycles. The van der Waals surface area contributed by atoms with Crippen LogP contribution in [0.5, 0.6) is 0 Å². The number of carbonyl (C=O) groups is 1. The Hall–Kier alpha value is -1.35. The summed E-state index contributed by atoms with van der Waals surface area (Å²) in [5.74, 6) is -0.0953. The molecular formula is C15H21NO2. The van der Waals surface area contributed by atoms with E-state index in [0.717, 1.165) is 36.8 Å². The van der Waals surface area contributed by atoms with Gasteiger partial charge in [0.15, 0.2) is 0 Å². The molecule has 0 heterocycles. The monoisotopic (exact) mass is 247 g/mol. The molecule has 1 aromatic carbocycles. The van der Waals surface area contributed by atoms with E-state index in [9.17, 15) is 9.90 Å². The summed E-state index contributed by atoms with van der Waals surface area (Å²) in [6, 6.07) is 5.79. The third-order valence-electron chi connectivity index (χ3n) is 3.60. The summed E-state index contributed by atoms with van der Waals surface area (Å²) in [7, 11) is 0. The van der Waals surface area contributed by atoms with E-state index >= 15 is 0 Å². The van der Waals surface area contributed by atoms with Crippen LogP contribution < -0.4 is 5.32 Å². The van der Waals surface area contributed by atoms with Gasteiger partial charge in [0, 0.05) is 12.1 Å². The van der Waals surface area contributed by atoms with Gasteiger partial charge in [-0.2, -0.15) is 0 Å². The highest BCUT2D eigenvalue weighted by atomic mass is 16.3. The molecule has 1 fully saturated rings. The van der Waals surface area contributed by atoms with Crippen LogP contribution in [0.25, 0.3) is 0 Å². The summed E-state index contributed by atoms with van der Waals surface area (Å²) >= 11 is 0. The van der Waals surface area contributed by atoms with Crippen LogP contribution in [0.3, 0.4) is 0 Å². The average Bonchev–Trinajstić information content (AvgIpc) is 2.72. The molecule has 2 N–H and O–H groups in total. The maximum atomic E-state index is 12.0. The lowest BCUT2D eigenvalue weighted by atomic mass is 10.0. The van der Waals surface area contributed by atoms with Gasteiger partial charge in [0.05, 0.1) is 5.60 Å². The molecule has 18 heavy (non-hydrogen) atoms. The molecule has 0 unspecified atom stereocenters. The van der Waals surface area contributed by atoms with Gasteiger partial charge in [-0.1, -0.05) is 30.0 Å². The van der Waals surface area contributed by atoms with E-state index in [-0.39, 0.29) is 5.91 Å². The van der Waals surface area contributed by atoms with Gasteiger partial charge in [0.25, 0.3) is 5.91 Å². The third kappa shape index (κ3) is 3.10. The summed E-state index contributed by atoms with van der Waals surface area (Å²) in [6.07, 6.45) is 3.69. The number of benzene rings is 1. The molecule has 1 amide bonds. The zero-order valence-electron chi connectivity index (χ0n) is 11.1. The minimum atomic E-state index is -0.686. The molecule has 0 spiro atoms. The average molecular weight is 247 g/mol. The summed E-state index contributed by atoms with van der Waals surface area (Å²) in [6.45, 7) is 4.32. The van der Waals surface area contributed by atoms with Crippen LogP contribution in [-0.4, -0.2) is 23.2 Å². The lowest BCUT2D eigenvalue weighted by Crippen LogP contribution is -2.40. The first-order chi connectivity index (χ1) is 8.48. The molecule has 1 aliphatic carbocycles. The highest BCUT2D eigenvalue weighted by Gasteiger charge is 2.31. The lowest BCUT2D eigenvalue weighted by molar-refractivity contribution is 0.0449. The van der Waals surface area contributed by atoms with Gasteiger partial charge in [0.1, 0.15) is 0 Å². The van der Waals surface area contributed by atoms with E-state index in [1.807, 2.05) is 32.0 Å². The first-order valence-electron chi connectivity index (χ1n) is 6.57. The van der Waals surface area contributed by atoms with Crippen molar-refractivity contribution in [2.45, 2.75) is 45.1 Å². The highest BCUT2D eigenvalue weighted by molar-refractivity contribution is 5.94. The minimum absolute atomic E-state index is 0.0953. The van der Waals surface area contributed by atoms with Crippen LogP contribution in [0.1, 0.15) is 47.2 Å². The van der Waals surface area contributed by atoms with Crippen LogP contribution >= 0.6 is 0 Å². The molecule has 1 aliphatic rings. The molecule has 1 saturated carbocycles. The van der Waals surface area contributed by atoms with Crippen molar-refractivity contribution < 1.29 is 9.90 Å². The third-order valence-corrected chi connectivity index (χ3v) is 3.60. The topological polar surface area (TPSA) is 49.3 Å². The second-order valence-corrected chi connectivity index (χ2v) is 5.49. The fraction of sp³-hybridized carbons (Fsp3) is 0.533. The minimum Gasteiger partial charge on any atom is -0.388 e. The first-order valence-corrected chi connectivity index (χ1v) is 6.57.